The van der Waals surface area contributed by atoms with Crippen LogP contribution in [0.2, 0.25) is 0 Å². The molecule has 1 aliphatic heterocycles. The van der Waals surface area contributed by atoms with Gasteiger partial charge in [-0.2, -0.15) is 0 Å². The predicted molar refractivity (Wildman–Crippen MR) is 106 cm³/mol. The third-order valence-corrected chi connectivity index (χ3v) is 4.71. The number of hydrogen-bond donors (Lipinski definition) is 1. The van der Waals surface area contributed by atoms with E-state index in [1.165, 1.54) is 11.1 Å². The number of piperazine rings is 1. The van der Waals surface area contributed by atoms with Gasteiger partial charge in [-0.1, -0.05) is 24.3 Å². The number of hydrogen-bond acceptors (Lipinski definition) is 2. The summed E-state index contributed by atoms with van der Waals surface area (Å²) < 4.78 is 0. The highest BCUT2D eigenvalue weighted by Crippen LogP contribution is 2.15. The molecule has 5 heteroatoms. The minimum absolute atomic E-state index is 0.0911. The van der Waals surface area contributed by atoms with Crippen molar-refractivity contribution in [2.24, 2.45) is 0 Å². The van der Waals surface area contributed by atoms with Gasteiger partial charge in [0.2, 0.25) is 0 Å². The van der Waals surface area contributed by atoms with Crippen LogP contribution >= 0.6 is 12.2 Å². The first-order valence-corrected chi connectivity index (χ1v) is 8.92. The number of amides is 1. The fourth-order valence-electron chi connectivity index (χ4n) is 3.13. The molecule has 0 bridgehead atoms. The molecule has 0 unspecified atom stereocenters. The molecule has 4 nitrogen and oxygen atoms in total. The fourth-order valence-corrected chi connectivity index (χ4v) is 3.43. The number of carbonyl (C=O) groups is 1. The van der Waals surface area contributed by atoms with Crippen molar-refractivity contribution in [3.8, 4) is 0 Å². The second-order valence-electron chi connectivity index (χ2n) is 6.45. The quantitative estimate of drug-likeness (QED) is 0.839. The van der Waals surface area contributed by atoms with E-state index >= 15 is 0 Å². The van der Waals surface area contributed by atoms with Gasteiger partial charge in [-0.05, 0) is 61.5 Å². The SMILES string of the molecule is Cc1cc(C)cc(NC(=S)N2CCN(C(=O)c3ccccc3)CC2)c1. The maximum atomic E-state index is 12.5. The Kier molecular flexibility index (Phi) is 5.34. The van der Waals surface area contributed by atoms with Crippen molar-refractivity contribution in [3.63, 3.8) is 0 Å². The van der Waals surface area contributed by atoms with Crippen molar-refractivity contribution in [3.05, 3.63) is 65.2 Å². The Morgan fingerprint density at radius 3 is 2.08 bits per heavy atom. The Morgan fingerprint density at radius 2 is 1.48 bits per heavy atom. The first-order chi connectivity index (χ1) is 12.0. The number of rotatable bonds is 2. The maximum absolute atomic E-state index is 12.5. The molecule has 1 N–H and O–H groups in total. The number of thiocarbonyl (C=S) groups is 1. The molecule has 0 spiro atoms. The van der Waals surface area contributed by atoms with Crippen molar-refractivity contribution in [1.82, 2.24) is 9.80 Å². The molecular weight excluding hydrogens is 330 g/mol. The lowest BCUT2D eigenvalue weighted by molar-refractivity contribution is 0.0693. The minimum atomic E-state index is 0.0911. The van der Waals surface area contributed by atoms with Crippen LogP contribution in [0.4, 0.5) is 5.69 Å². The topological polar surface area (TPSA) is 35.6 Å². The van der Waals surface area contributed by atoms with Gasteiger partial charge in [-0.15, -0.1) is 0 Å². The van der Waals surface area contributed by atoms with Crippen molar-refractivity contribution in [2.45, 2.75) is 13.8 Å². The number of carbonyl (C=O) groups excluding carboxylic acids is 1. The van der Waals surface area contributed by atoms with Crippen molar-refractivity contribution in [2.75, 3.05) is 31.5 Å². The summed E-state index contributed by atoms with van der Waals surface area (Å²) in [5.74, 6) is 0.0911. The number of aryl methyl sites for hydroxylation is 2. The molecule has 1 amide bonds. The molecule has 2 aromatic carbocycles. The molecule has 0 atom stereocenters. The number of nitrogens with zero attached hydrogens (tertiary/aromatic N) is 2. The van der Waals surface area contributed by atoms with Gasteiger partial charge in [0.15, 0.2) is 5.11 Å². The van der Waals surface area contributed by atoms with Crippen LogP contribution in [0.1, 0.15) is 21.5 Å². The Labute approximate surface area is 154 Å². The molecule has 25 heavy (non-hydrogen) atoms. The number of anilines is 1. The lowest BCUT2D eigenvalue weighted by Crippen LogP contribution is -2.51. The Balaban J connectivity index is 1.56. The molecular formula is C20H23N3OS. The maximum Gasteiger partial charge on any atom is 0.253 e. The Morgan fingerprint density at radius 1 is 0.920 bits per heavy atom. The molecule has 1 saturated heterocycles. The van der Waals surface area contributed by atoms with Crippen LogP contribution in [0, 0.1) is 13.8 Å². The summed E-state index contributed by atoms with van der Waals surface area (Å²) in [6.07, 6.45) is 0. The van der Waals surface area contributed by atoms with E-state index in [0.29, 0.717) is 13.1 Å². The van der Waals surface area contributed by atoms with Gasteiger partial charge < -0.3 is 15.1 Å². The summed E-state index contributed by atoms with van der Waals surface area (Å²) >= 11 is 5.55. The molecule has 0 aliphatic carbocycles. The predicted octanol–water partition coefficient (Wildman–Crippen LogP) is 3.46. The van der Waals surface area contributed by atoms with E-state index in [-0.39, 0.29) is 5.91 Å². The van der Waals surface area contributed by atoms with Crippen molar-refractivity contribution < 1.29 is 4.79 Å². The highest BCUT2D eigenvalue weighted by Gasteiger charge is 2.23. The fraction of sp³-hybridized carbons (Fsp3) is 0.300. The van der Waals surface area contributed by atoms with Gasteiger partial charge in [0.25, 0.3) is 5.91 Å². The summed E-state index contributed by atoms with van der Waals surface area (Å²) in [5.41, 5.74) is 4.18. The zero-order valence-corrected chi connectivity index (χ0v) is 15.5. The summed E-state index contributed by atoms with van der Waals surface area (Å²) in [4.78, 5) is 16.5. The molecule has 1 fully saturated rings. The zero-order valence-electron chi connectivity index (χ0n) is 14.7. The smallest absolute Gasteiger partial charge is 0.253 e. The third-order valence-electron chi connectivity index (χ3n) is 4.35. The zero-order chi connectivity index (χ0) is 17.8. The molecule has 0 radical (unpaired) electrons. The van der Waals surface area contributed by atoms with Crippen LogP contribution in [0.3, 0.4) is 0 Å². The van der Waals surface area contributed by atoms with Crippen LogP contribution in [-0.2, 0) is 0 Å². The second-order valence-corrected chi connectivity index (χ2v) is 6.84. The van der Waals surface area contributed by atoms with E-state index in [4.69, 9.17) is 12.2 Å². The highest BCUT2D eigenvalue weighted by atomic mass is 32.1. The summed E-state index contributed by atoms with van der Waals surface area (Å²) in [6.45, 7) is 7.01. The van der Waals surface area contributed by atoms with Gasteiger partial charge in [0.1, 0.15) is 0 Å². The van der Waals surface area contributed by atoms with Gasteiger partial charge >= 0.3 is 0 Å². The lowest BCUT2D eigenvalue weighted by atomic mass is 10.1. The van der Waals surface area contributed by atoms with Crippen LogP contribution in [-0.4, -0.2) is 47.0 Å². The Hall–Kier alpha value is -2.40. The van der Waals surface area contributed by atoms with Crippen LogP contribution in [0.15, 0.2) is 48.5 Å². The van der Waals surface area contributed by atoms with Crippen LogP contribution in [0.5, 0.6) is 0 Å². The van der Waals surface area contributed by atoms with Gasteiger partial charge in [-0.3, -0.25) is 4.79 Å². The molecule has 2 aromatic rings. The first kappa shape index (κ1) is 17.4. The highest BCUT2D eigenvalue weighted by molar-refractivity contribution is 7.80. The molecule has 0 saturated carbocycles. The van der Waals surface area contributed by atoms with Gasteiger partial charge in [0.05, 0.1) is 0 Å². The Bertz CT molecular complexity index is 748. The average Bonchev–Trinajstić information content (AvgIpc) is 2.61. The minimum Gasteiger partial charge on any atom is -0.345 e. The largest absolute Gasteiger partial charge is 0.345 e. The van der Waals surface area contributed by atoms with E-state index in [9.17, 15) is 4.79 Å². The molecule has 1 heterocycles. The first-order valence-electron chi connectivity index (χ1n) is 8.51. The van der Waals surface area contributed by atoms with E-state index in [0.717, 1.165) is 29.5 Å². The summed E-state index contributed by atoms with van der Waals surface area (Å²) in [7, 11) is 0. The van der Waals surface area contributed by atoms with Crippen molar-refractivity contribution >= 4 is 28.9 Å². The van der Waals surface area contributed by atoms with E-state index < -0.39 is 0 Å². The second kappa shape index (κ2) is 7.66. The summed E-state index contributed by atoms with van der Waals surface area (Å²) in [5, 5.41) is 4.04. The summed E-state index contributed by atoms with van der Waals surface area (Å²) in [6, 6.07) is 15.8. The monoisotopic (exact) mass is 353 g/mol. The molecule has 0 aromatic heterocycles. The lowest BCUT2D eigenvalue weighted by Gasteiger charge is -2.36. The van der Waals surface area contributed by atoms with Crippen LogP contribution < -0.4 is 5.32 Å². The average molecular weight is 353 g/mol. The van der Waals surface area contributed by atoms with Crippen molar-refractivity contribution in [1.29, 1.82) is 0 Å². The number of nitrogens with one attached hydrogen (secondary N) is 1. The van der Waals surface area contributed by atoms with Crippen LogP contribution in [0.25, 0.3) is 0 Å². The molecule has 130 valence electrons. The van der Waals surface area contributed by atoms with E-state index in [1.807, 2.05) is 35.2 Å². The third kappa shape index (κ3) is 4.37. The molecule has 3 rings (SSSR count). The number of benzene rings is 2. The van der Waals surface area contributed by atoms with E-state index in [1.54, 1.807) is 0 Å². The van der Waals surface area contributed by atoms with E-state index in [2.05, 4.69) is 42.3 Å². The van der Waals surface area contributed by atoms with Gasteiger partial charge in [0, 0.05) is 37.4 Å². The standard InChI is InChI=1S/C20H23N3OS/c1-15-12-16(2)14-18(13-15)21-20(25)23-10-8-22(9-11-23)19(24)17-6-4-3-5-7-17/h3-7,12-14H,8-11H2,1-2H3,(H,21,25). The molecule has 1 aliphatic rings. The van der Waals surface area contributed by atoms with Gasteiger partial charge in [-0.25, -0.2) is 0 Å². The normalized spacial score (nSPS) is 14.3.